The lowest BCUT2D eigenvalue weighted by molar-refractivity contribution is 0.0943. The Morgan fingerprint density at radius 1 is 0.759 bits per heavy atom. The molecule has 4 aromatic carbocycles. The third-order valence-corrected chi connectivity index (χ3v) is 5.14. The van der Waals surface area contributed by atoms with Gasteiger partial charge < -0.3 is 10.4 Å². The highest BCUT2D eigenvalue weighted by atomic mass is 16.3. The molecule has 0 heterocycles. The molecule has 2 N–H and O–H groups in total. The van der Waals surface area contributed by atoms with Crippen molar-refractivity contribution in [3.05, 3.63) is 108 Å². The van der Waals surface area contributed by atoms with Crippen LogP contribution < -0.4 is 5.32 Å². The zero-order chi connectivity index (χ0) is 20.1. The van der Waals surface area contributed by atoms with Gasteiger partial charge in [-0.2, -0.15) is 0 Å². The maximum Gasteiger partial charge on any atom is 0.251 e. The molecule has 4 aromatic rings. The van der Waals surface area contributed by atoms with Crippen LogP contribution in [0.5, 0.6) is 0 Å². The lowest BCUT2D eigenvalue weighted by Crippen LogP contribution is -2.25. The van der Waals surface area contributed by atoms with Gasteiger partial charge in [-0.3, -0.25) is 4.79 Å². The van der Waals surface area contributed by atoms with Crippen molar-refractivity contribution in [2.45, 2.75) is 12.5 Å². The van der Waals surface area contributed by atoms with E-state index in [9.17, 15) is 9.90 Å². The molecule has 0 fully saturated rings. The van der Waals surface area contributed by atoms with Gasteiger partial charge >= 0.3 is 0 Å². The summed E-state index contributed by atoms with van der Waals surface area (Å²) >= 11 is 0. The summed E-state index contributed by atoms with van der Waals surface area (Å²) in [6.07, 6.45) is -0.163. The zero-order valence-electron chi connectivity index (χ0n) is 16.1. The number of aliphatic hydroxyl groups excluding tert-OH is 1. The first kappa shape index (κ1) is 18.9. The molecule has 4 rings (SSSR count). The smallest absolute Gasteiger partial charge is 0.251 e. The Bertz CT molecular complexity index is 1100. The molecular formula is C26H23NO2. The van der Waals surface area contributed by atoms with Gasteiger partial charge in [0.05, 0.1) is 6.10 Å². The van der Waals surface area contributed by atoms with E-state index in [1.165, 1.54) is 0 Å². The Morgan fingerprint density at radius 2 is 1.41 bits per heavy atom. The average molecular weight is 381 g/mol. The molecule has 0 aliphatic heterocycles. The zero-order valence-corrected chi connectivity index (χ0v) is 16.1. The number of hydrogen-bond acceptors (Lipinski definition) is 2. The van der Waals surface area contributed by atoms with Gasteiger partial charge in [0.2, 0.25) is 0 Å². The van der Waals surface area contributed by atoms with Crippen LogP contribution in [0.2, 0.25) is 0 Å². The van der Waals surface area contributed by atoms with Gasteiger partial charge in [-0.25, -0.2) is 0 Å². The fourth-order valence-electron chi connectivity index (χ4n) is 3.57. The average Bonchev–Trinajstić information content (AvgIpc) is 2.79. The maximum absolute atomic E-state index is 12.4. The van der Waals surface area contributed by atoms with Crippen molar-refractivity contribution < 1.29 is 9.90 Å². The Hall–Kier alpha value is -3.43. The van der Waals surface area contributed by atoms with E-state index in [0.717, 1.165) is 27.5 Å². The second kappa shape index (κ2) is 8.72. The number of aliphatic hydroxyl groups is 1. The Kier molecular flexibility index (Phi) is 5.68. The molecule has 0 aromatic heterocycles. The van der Waals surface area contributed by atoms with Crippen LogP contribution in [0.3, 0.4) is 0 Å². The molecule has 1 unspecified atom stereocenters. The Labute approximate surface area is 170 Å². The van der Waals surface area contributed by atoms with Crippen molar-refractivity contribution in [2.24, 2.45) is 0 Å². The molecule has 3 nitrogen and oxygen atoms in total. The topological polar surface area (TPSA) is 49.3 Å². The van der Waals surface area contributed by atoms with Crippen molar-refractivity contribution in [1.29, 1.82) is 0 Å². The van der Waals surface area contributed by atoms with Gasteiger partial charge in [-0.15, -0.1) is 0 Å². The molecule has 144 valence electrons. The fourth-order valence-corrected chi connectivity index (χ4v) is 3.57. The van der Waals surface area contributed by atoms with E-state index in [2.05, 4.69) is 5.32 Å². The third-order valence-electron chi connectivity index (χ3n) is 5.14. The number of rotatable bonds is 6. The van der Waals surface area contributed by atoms with Gasteiger partial charge in [-0.1, -0.05) is 84.9 Å². The van der Waals surface area contributed by atoms with Crippen LogP contribution in [-0.4, -0.2) is 17.6 Å². The molecule has 0 radical (unpaired) electrons. The van der Waals surface area contributed by atoms with E-state index in [4.69, 9.17) is 0 Å². The van der Waals surface area contributed by atoms with Crippen molar-refractivity contribution in [2.75, 3.05) is 6.54 Å². The first-order chi connectivity index (χ1) is 14.2. The van der Waals surface area contributed by atoms with Crippen LogP contribution in [0.25, 0.3) is 21.9 Å². The van der Waals surface area contributed by atoms with E-state index in [1.807, 2.05) is 97.1 Å². The summed E-state index contributed by atoms with van der Waals surface area (Å²) in [6.45, 7) is 0.406. The Morgan fingerprint density at radius 3 is 2.21 bits per heavy atom. The Balaban J connectivity index is 1.36. The van der Waals surface area contributed by atoms with Crippen LogP contribution in [-0.2, 0) is 0 Å². The molecule has 0 saturated carbocycles. The van der Waals surface area contributed by atoms with Crippen LogP contribution in [0, 0.1) is 0 Å². The van der Waals surface area contributed by atoms with E-state index < -0.39 is 6.10 Å². The summed E-state index contributed by atoms with van der Waals surface area (Å²) in [5.41, 5.74) is 3.71. The third kappa shape index (κ3) is 4.36. The number of nitrogens with one attached hydrogen (secondary N) is 1. The second-order valence-electron chi connectivity index (χ2n) is 7.07. The fraction of sp³-hybridized carbons (Fsp3) is 0.115. The molecule has 0 spiro atoms. The highest BCUT2D eigenvalue weighted by Gasteiger charge is 2.12. The van der Waals surface area contributed by atoms with Crippen LogP contribution in [0.4, 0.5) is 0 Å². The highest BCUT2D eigenvalue weighted by molar-refractivity contribution is 5.94. The van der Waals surface area contributed by atoms with Gasteiger partial charge in [0, 0.05) is 12.1 Å². The van der Waals surface area contributed by atoms with E-state index in [0.29, 0.717) is 18.5 Å². The van der Waals surface area contributed by atoms with E-state index >= 15 is 0 Å². The number of amides is 1. The van der Waals surface area contributed by atoms with Crippen LogP contribution in [0.15, 0.2) is 97.1 Å². The summed E-state index contributed by atoms with van der Waals surface area (Å²) in [5.74, 6) is -0.130. The van der Waals surface area contributed by atoms with Crippen molar-refractivity contribution >= 4 is 16.7 Å². The molecule has 1 atom stereocenters. The number of carbonyl (C=O) groups excluding carboxylic acids is 1. The first-order valence-electron chi connectivity index (χ1n) is 9.82. The predicted molar refractivity (Wildman–Crippen MR) is 118 cm³/mol. The normalized spacial score (nSPS) is 11.9. The quantitative estimate of drug-likeness (QED) is 0.472. The maximum atomic E-state index is 12.4. The lowest BCUT2D eigenvalue weighted by Gasteiger charge is -2.14. The monoisotopic (exact) mass is 381 g/mol. The standard InChI is InChI=1S/C26H23NO2/c28-25(24-12-6-10-21-9-4-5-11-23(21)24)17-18-27-26(29)22-15-13-20(14-16-22)19-7-2-1-3-8-19/h1-16,25,28H,17-18H2,(H,27,29). The summed E-state index contributed by atoms with van der Waals surface area (Å²) < 4.78 is 0. The summed E-state index contributed by atoms with van der Waals surface area (Å²) in [6, 6.07) is 31.6. The molecule has 0 aliphatic rings. The van der Waals surface area contributed by atoms with Gasteiger partial charge in [0.1, 0.15) is 0 Å². The summed E-state index contributed by atoms with van der Waals surface area (Å²) in [5, 5.41) is 15.7. The number of hydrogen-bond donors (Lipinski definition) is 2. The minimum atomic E-state index is -0.623. The summed E-state index contributed by atoms with van der Waals surface area (Å²) in [4.78, 5) is 12.4. The van der Waals surface area contributed by atoms with Gasteiger partial charge in [-0.05, 0) is 46.0 Å². The minimum Gasteiger partial charge on any atom is -0.388 e. The van der Waals surface area contributed by atoms with Crippen LogP contribution in [0.1, 0.15) is 28.4 Å². The van der Waals surface area contributed by atoms with E-state index in [1.54, 1.807) is 0 Å². The molecule has 0 aliphatic carbocycles. The highest BCUT2D eigenvalue weighted by Crippen LogP contribution is 2.26. The first-order valence-corrected chi connectivity index (χ1v) is 9.82. The van der Waals surface area contributed by atoms with Crippen LogP contribution >= 0.6 is 0 Å². The largest absolute Gasteiger partial charge is 0.388 e. The lowest BCUT2D eigenvalue weighted by atomic mass is 9.99. The predicted octanol–water partition coefficient (Wildman–Crippen LogP) is 5.36. The number of benzene rings is 4. The molecular weight excluding hydrogens is 358 g/mol. The SMILES string of the molecule is O=C(NCCC(O)c1cccc2ccccc12)c1ccc(-c2ccccc2)cc1. The second-order valence-corrected chi connectivity index (χ2v) is 7.07. The minimum absolute atomic E-state index is 0.130. The van der Waals surface area contributed by atoms with E-state index in [-0.39, 0.29) is 5.91 Å². The molecule has 3 heteroatoms. The van der Waals surface area contributed by atoms with Crippen molar-refractivity contribution in [3.8, 4) is 11.1 Å². The molecule has 1 amide bonds. The summed E-state index contributed by atoms with van der Waals surface area (Å²) in [7, 11) is 0. The van der Waals surface area contributed by atoms with Gasteiger partial charge in [0.25, 0.3) is 5.91 Å². The molecule has 29 heavy (non-hydrogen) atoms. The number of fused-ring (bicyclic) bond motifs is 1. The molecule has 0 bridgehead atoms. The number of carbonyl (C=O) groups is 1. The molecule has 0 saturated heterocycles. The van der Waals surface area contributed by atoms with Crippen molar-refractivity contribution in [3.63, 3.8) is 0 Å². The van der Waals surface area contributed by atoms with Gasteiger partial charge in [0.15, 0.2) is 0 Å². The van der Waals surface area contributed by atoms with Crippen molar-refractivity contribution in [1.82, 2.24) is 5.32 Å².